The lowest BCUT2D eigenvalue weighted by atomic mass is 9.74. The molecule has 0 aliphatic carbocycles. The van der Waals surface area contributed by atoms with Crippen molar-refractivity contribution in [2.75, 3.05) is 13.1 Å². The van der Waals surface area contributed by atoms with E-state index in [2.05, 4.69) is 5.32 Å². The molecule has 0 heterocycles. The number of nitrogens with zero attached hydrogens (tertiary/aromatic N) is 1. The van der Waals surface area contributed by atoms with Crippen LogP contribution in [0.4, 0.5) is 0 Å². The van der Waals surface area contributed by atoms with Gasteiger partial charge < -0.3 is 10.0 Å². The van der Waals surface area contributed by atoms with Crippen LogP contribution in [0, 0.1) is 5.41 Å². The first-order valence-electron chi connectivity index (χ1n) is 6.81. The first-order valence-corrected chi connectivity index (χ1v) is 6.81. The van der Waals surface area contributed by atoms with Gasteiger partial charge in [-0.1, -0.05) is 0 Å². The zero-order valence-electron chi connectivity index (χ0n) is 13.2. The Hall–Kier alpha value is -1.10. The van der Waals surface area contributed by atoms with Crippen molar-refractivity contribution in [3.8, 4) is 0 Å². The Kier molecular flexibility index (Phi) is 6.00. The molecule has 0 aromatic carbocycles. The number of amides is 1. The maximum atomic E-state index is 12.2. The van der Waals surface area contributed by atoms with Crippen LogP contribution < -0.4 is 5.32 Å². The molecule has 0 rings (SSSR count). The van der Waals surface area contributed by atoms with Gasteiger partial charge in [0.25, 0.3) is 0 Å². The van der Waals surface area contributed by atoms with Gasteiger partial charge in [0.2, 0.25) is 5.91 Å². The maximum absolute atomic E-state index is 12.2. The molecule has 0 saturated carbocycles. The number of nitrogens with one attached hydrogen (secondary N) is 1. The summed E-state index contributed by atoms with van der Waals surface area (Å²) in [6, 6.07) is -0.409. The van der Waals surface area contributed by atoms with Crippen molar-refractivity contribution in [1.82, 2.24) is 10.2 Å². The molecule has 1 unspecified atom stereocenters. The normalized spacial score (nSPS) is 14.1. The van der Waals surface area contributed by atoms with E-state index in [4.69, 9.17) is 0 Å². The van der Waals surface area contributed by atoms with E-state index < -0.39 is 23.0 Å². The van der Waals surface area contributed by atoms with Gasteiger partial charge in [-0.25, -0.2) is 0 Å². The lowest BCUT2D eigenvalue weighted by Crippen LogP contribution is -2.60. The van der Waals surface area contributed by atoms with Crippen molar-refractivity contribution in [3.05, 3.63) is 0 Å². The van der Waals surface area contributed by atoms with E-state index in [0.717, 1.165) is 0 Å². The Balaban J connectivity index is 4.94. The lowest BCUT2D eigenvalue weighted by molar-refractivity contribution is -0.152. The molecule has 0 saturated heterocycles. The quantitative estimate of drug-likeness (QED) is 0.740. The Morgan fingerprint density at radius 2 is 1.58 bits per heavy atom. The minimum absolute atomic E-state index is 0.000682. The van der Waals surface area contributed by atoms with E-state index in [-0.39, 0.29) is 5.91 Å². The third kappa shape index (κ3) is 3.93. The predicted octanol–water partition coefficient (Wildman–Crippen LogP) is 1.72. The van der Waals surface area contributed by atoms with Crippen LogP contribution in [-0.4, -0.2) is 46.6 Å². The van der Waals surface area contributed by atoms with E-state index in [1.165, 1.54) is 0 Å². The number of rotatable bonds is 7. The van der Waals surface area contributed by atoms with E-state index >= 15 is 0 Å². The molecule has 0 aliphatic rings. The number of carboxylic acid groups (broad SMARTS) is 1. The van der Waals surface area contributed by atoms with Gasteiger partial charge in [0, 0.05) is 18.6 Å². The first kappa shape index (κ1) is 17.9. The summed E-state index contributed by atoms with van der Waals surface area (Å²) in [5, 5.41) is 12.4. The monoisotopic (exact) mass is 272 g/mol. The number of likely N-dealkylation sites (N-methyl/N-ethyl adjacent to an activating group) is 1. The molecule has 0 aliphatic heterocycles. The van der Waals surface area contributed by atoms with Crippen LogP contribution in [0.25, 0.3) is 0 Å². The summed E-state index contributed by atoms with van der Waals surface area (Å²) in [7, 11) is 0. The summed E-state index contributed by atoms with van der Waals surface area (Å²) in [6.07, 6.45) is 0. The summed E-state index contributed by atoms with van der Waals surface area (Å²) in [5.74, 6) is -0.883. The molecule has 0 spiro atoms. The second kappa shape index (κ2) is 6.37. The summed E-state index contributed by atoms with van der Waals surface area (Å²) in [4.78, 5) is 25.3. The molecule has 0 radical (unpaired) electrons. The topological polar surface area (TPSA) is 69.6 Å². The zero-order chi connectivity index (χ0) is 15.4. The third-order valence-corrected chi connectivity index (χ3v) is 4.12. The Morgan fingerprint density at radius 3 is 1.89 bits per heavy atom. The summed E-state index contributed by atoms with van der Waals surface area (Å²) >= 11 is 0. The molecular weight excluding hydrogens is 244 g/mol. The summed E-state index contributed by atoms with van der Waals surface area (Å²) in [6.45, 7) is 13.9. The van der Waals surface area contributed by atoms with Crippen molar-refractivity contribution in [2.24, 2.45) is 5.41 Å². The number of hydrogen-bond acceptors (Lipinski definition) is 3. The largest absolute Gasteiger partial charge is 0.481 e. The standard InChI is InChI=1S/C14H28N2O3/c1-8-16(9-2)11(17)10(3)15-14(6,7)13(4,5)12(18)19/h10,15H,8-9H2,1-7H3,(H,18,19). The molecular formula is C14H28N2O3. The molecule has 112 valence electrons. The molecule has 0 fully saturated rings. The molecule has 2 N–H and O–H groups in total. The highest BCUT2D eigenvalue weighted by molar-refractivity contribution is 5.82. The van der Waals surface area contributed by atoms with Crippen molar-refractivity contribution in [3.63, 3.8) is 0 Å². The summed E-state index contributed by atoms with van der Waals surface area (Å²) in [5.41, 5.74) is -1.66. The van der Waals surface area contributed by atoms with Crippen LogP contribution in [0.15, 0.2) is 0 Å². The van der Waals surface area contributed by atoms with Crippen molar-refractivity contribution in [1.29, 1.82) is 0 Å². The van der Waals surface area contributed by atoms with Gasteiger partial charge in [-0.2, -0.15) is 0 Å². The average molecular weight is 272 g/mol. The second-order valence-electron chi connectivity index (χ2n) is 5.93. The van der Waals surface area contributed by atoms with Gasteiger partial charge in [0.05, 0.1) is 11.5 Å². The molecule has 0 bridgehead atoms. The van der Waals surface area contributed by atoms with Gasteiger partial charge in [0.1, 0.15) is 0 Å². The van der Waals surface area contributed by atoms with Crippen LogP contribution >= 0.6 is 0 Å². The number of hydrogen-bond donors (Lipinski definition) is 2. The molecule has 1 atom stereocenters. The van der Waals surface area contributed by atoms with Crippen LogP contribution in [0.1, 0.15) is 48.5 Å². The Bertz CT molecular complexity index is 334. The van der Waals surface area contributed by atoms with E-state index in [1.54, 1.807) is 25.7 Å². The van der Waals surface area contributed by atoms with Crippen LogP contribution in [0.5, 0.6) is 0 Å². The third-order valence-electron chi connectivity index (χ3n) is 4.12. The van der Waals surface area contributed by atoms with Gasteiger partial charge in [-0.3, -0.25) is 14.9 Å². The Labute approximate surface area is 116 Å². The highest BCUT2D eigenvalue weighted by Crippen LogP contribution is 2.31. The molecule has 5 nitrogen and oxygen atoms in total. The van der Waals surface area contributed by atoms with E-state index in [0.29, 0.717) is 13.1 Å². The molecule has 5 heteroatoms. The lowest BCUT2D eigenvalue weighted by Gasteiger charge is -2.41. The smallest absolute Gasteiger partial charge is 0.310 e. The minimum Gasteiger partial charge on any atom is -0.481 e. The molecule has 0 aromatic rings. The number of aliphatic carboxylic acids is 1. The highest BCUT2D eigenvalue weighted by atomic mass is 16.4. The van der Waals surface area contributed by atoms with Gasteiger partial charge in [0.15, 0.2) is 0 Å². The van der Waals surface area contributed by atoms with Crippen molar-refractivity contribution < 1.29 is 14.7 Å². The SMILES string of the molecule is CCN(CC)C(=O)C(C)NC(C)(C)C(C)(C)C(=O)O. The fraction of sp³-hybridized carbons (Fsp3) is 0.857. The number of carboxylic acids is 1. The van der Waals surface area contributed by atoms with Crippen LogP contribution in [0.3, 0.4) is 0 Å². The second-order valence-corrected chi connectivity index (χ2v) is 5.93. The summed E-state index contributed by atoms with van der Waals surface area (Å²) < 4.78 is 0. The van der Waals surface area contributed by atoms with Gasteiger partial charge in [-0.15, -0.1) is 0 Å². The van der Waals surface area contributed by atoms with Crippen molar-refractivity contribution in [2.45, 2.75) is 60.0 Å². The average Bonchev–Trinajstić information content (AvgIpc) is 2.29. The van der Waals surface area contributed by atoms with E-state index in [9.17, 15) is 14.7 Å². The van der Waals surface area contributed by atoms with Gasteiger partial charge in [-0.05, 0) is 48.5 Å². The fourth-order valence-corrected chi connectivity index (χ4v) is 1.86. The molecule has 19 heavy (non-hydrogen) atoms. The minimum atomic E-state index is -0.967. The first-order chi connectivity index (χ1) is 8.51. The number of carbonyl (C=O) groups is 2. The van der Waals surface area contributed by atoms with Crippen LogP contribution in [0.2, 0.25) is 0 Å². The predicted molar refractivity (Wildman–Crippen MR) is 76.0 cm³/mol. The molecule has 1 amide bonds. The Morgan fingerprint density at radius 1 is 1.16 bits per heavy atom. The van der Waals surface area contributed by atoms with E-state index in [1.807, 2.05) is 27.7 Å². The highest BCUT2D eigenvalue weighted by Gasteiger charge is 2.44. The van der Waals surface area contributed by atoms with Gasteiger partial charge >= 0.3 is 5.97 Å². The maximum Gasteiger partial charge on any atom is 0.310 e. The molecule has 0 aromatic heterocycles. The number of carbonyl (C=O) groups excluding carboxylic acids is 1. The zero-order valence-corrected chi connectivity index (χ0v) is 13.2. The fourth-order valence-electron chi connectivity index (χ4n) is 1.86. The van der Waals surface area contributed by atoms with Crippen molar-refractivity contribution >= 4 is 11.9 Å². The van der Waals surface area contributed by atoms with Crippen LogP contribution in [-0.2, 0) is 9.59 Å².